The molecule has 0 fully saturated rings. The van der Waals surface area contributed by atoms with Crippen LogP contribution in [0.25, 0.3) is 11.1 Å². The van der Waals surface area contributed by atoms with Gasteiger partial charge in [0, 0.05) is 20.8 Å². The summed E-state index contributed by atoms with van der Waals surface area (Å²) in [4.78, 5) is 28.9. The molecule has 0 atom stereocenters. The number of anilines is 1. The normalized spacial score (nSPS) is 10.4. The van der Waals surface area contributed by atoms with Gasteiger partial charge >= 0.3 is 6.03 Å². The molecule has 5 nitrogen and oxygen atoms in total. The lowest BCUT2D eigenvalue weighted by Gasteiger charge is -2.13. The van der Waals surface area contributed by atoms with Crippen LogP contribution in [0.1, 0.15) is 21.6 Å². The summed E-state index contributed by atoms with van der Waals surface area (Å²) in [6.07, 6.45) is 0. The van der Waals surface area contributed by atoms with Crippen molar-refractivity contribution in [1.82, 2.24) is 10.3 Å². The van der Waals surface area contributed by atoms with Crippen LogP contribution in [0, 0.1) is 13.8 Å². The summed E-state index contributed by atoms with van der Waals surface area (Å²) < 4.78 is 0.609. The number of rotatable bonds is 3. The van der Waals surface area contributed by atoms with Crippen molar-refractivity contribution < 1.29 is 9.59 Å². The van der Waals surface area contributed by atoms with Crippen LogP contribution >= 0.6 is 27.5 Å². The molecule has 142 valence electrons. The van der Waals surface area contributed by atoms with E-state index < -0.39 is 11.9 Å². The monoisotopic (exact) mass is 457 g/mol. The maximum atomic E-state index is 12.2. The fourth-order valence-electron chi connectivity index (χ4n) is 2.91. The molecule has 0 saturated carbocycles. The molecule has 0 spiro atoms. The van der Waals surface area contributed by atoms with E-state index in [1.54, 1.807) is 30.3 Å². The summed E-state index contributed by atoms with van der Waals surface area (Å²) in [7, 11) is 0. The van der Waals surface area contributed by atoms with Crippen LogP contribution in [0.5, 0.6) is 0 Å². The van der Waals surface area contributed by atoms with Gasteiger partial charge in [-0.1, -0.05) is 35.9 Å². The first-order chi connectivity index (χ1) is 13.3. The molecule has 3 amide bonds. The summed E-state index contributed by atoms with van der Waals surface area (Å²) in [5.41, 5.74) is 4.05. The highest BCUT2D eigenvalue weighted by atomic mass is 79.9. The van der Waals surface area contributed by atoms with E-state index in [0.29, 0.717) is 20.9 Å². The first-order valence-corrected chi connectivity index (χ1v) is 9.63. The van der Waals surface area contributed by atoms with Gasteiger partial charge in [-0.2, -0.15) is 0 Å². The van der Waals surface area contributed by atoms with E-state index in [9.17, 15) is 9.59 Å². The molecule has 7 heteroatoms. The number of amides is 3. The van der Waals surface area contributed by atoms with E-state index >= 15 is 0 Å². The molecular formula is C21H17BrClN3O2. The predicted octanol–water partition coefficient (Wildman–Crippen LogP) is 5.74. The minimum atomic E-state index is -0.647. The number of urea groups is 1. The van der Waals surface area contributed by atoms with Gasteiger partial charge in [-0.25, -0.2) is 9.78 Å². The molecule has 0 aliphatic rings. The average molecular weight is 459 g/mol. The number of pyridine rings is 1. The molecule has 0 aliphatic carbocycles. The summed E-state index contributed by atoms with van der Waals surface area (Å²) in [5, 5.41) is 5.58. The van der Waals surface area contributed by atoms with Crippen molar-refractivity contribution in [3.63, 3.8) is 0 Å². The van der Waals surface area contributed by atoms with Crippen molar-refractivity contribution >= 4 is 45.3 Å². The number of benzene rings is 2. The molecule has 3 aromatic rings. The second-order valence-electron chi connectivity index (χ2n) is 6.18. The minimum absolute atomic E-state index is 0.366. The second kappa shape index (κ2) is 8.54. The third kappa shape index (κ3) is 4.58. The van der Waals surface area contributed by atoms with Gasteiger partial charge in [-0.05, 0) is 71.2 Å². The Morgan fingerprint density at radius 1 is 1.04 bits per heavy atom. The molecule has 2 aromatic carbocycles. The lowest BCUT2D eigenvalue weighted by Crippen LogP contribution is -2.34. The van der Waals surface area contributed by atoms with Crippen LogP contribution in [0.3, 0.4) is 0 Å². The van der Waals surface area contributed by atoms with Gasteiger partial charge in [-0.3, -0.25) is 15.4 Å². The zero-order valence-electron chi connectivity index (χ0n) is 15.2. The SMILES string of the molecule is Cc1cc(NC(=O)NC(=O)c2ccccc2Br)nc(C)c1-c1ccc(Cl)cc1. The summed E-state index contributed by atoms with van der Waals surface area (Å²) in [6.45, 7) is 3.81. The highest BCUT2D eigenvalue weighted by Crippen LogP contribution is 2.29. The van der Waals surface area contributed by atoms with Crippen LogP contribution in [-0.4, -0.2) is 16.9 Å². The Bertz CT molecular complexity index is 1030. The van der Waals surface area contributed by atoms with Gasteiger partial charge in [0.05, 0.1) is 5.56 Å². The molecule has 1 aromatic heterocycles. The standard InChI is InChI=1S/C21H17BrClN3O2/c1-12-11-18(24-13(2)19(12)14-7-9-15(23)10-8-14)25-21(28)26-20(27)16-5-3-4-6-17(16)22/h3-11H,1-2H3,(H2,24,25,26,27,28). The largest absolute Gasteiger partial charge is 0.327 e. The van der Waals surface area contributed by atoms with Crippen molar-refractivity contribution in [2.45, 2.75) is 13.8 Å². The van der Waals surface area contributed by atoms with Crippen LogP contribution in [0.4, 0.5) is 10.6 Å². The topological polar surface area (TPSA) is 71.1 Å². The van der Waals surface area contributed by atoms with Gasteiger partial charge in [-0.15, -0.1) is 0 Å². The van der Waals surface area contributed by atoms with Gasteiger partial charge in [0.25, 0.3) is 5.91 Å². The Balaban J connectivity index is 1.76. The third-order valence-electron chi connectivity index (χ3n) is 4.12. The van der Waals surface area contributed by atoms with E-state index in [1.165, 1.54) is 0 Å². The smallest absolute Gasteiger partial charge is 0.292 e. The fraction of sp³-hybridized carbons (Fsp3) is 0.0952. The summed E-state index contributed by atoms with van der Waals surface area (Å²) in [6, 6.07) is 15.5. The Hall–Kier alpha value is -2.70. The van der Waals surface area contributed by atoms with Crippen molar-refractivity contribution in [3.8, 4) is 11.1 Å². The molecule has 0 bridgehead atoms. The van der Waals surface area contributed by atoms with E-state index in [1.807, 2.05) is 38.1 Å². The Morgan fingerprint density at radius 2 is 1.71 bits per heavy atom. The lowest BCUT2D eigenvalue weighted by molar-refractivity contribution is 0.0966. The van der Waals surface area contributed by atoms with E-state index in [4.69, 9.17) is 11.6 Å². The van der Waals surface area contributed by atoms with Gasteiger partial charge < -0.3 is 0 Å². The maximum absolute atomic E-state index is 12.2. The van der Waals surface area contributed by atoms with Crippen LogP contribution in [-0.2, 0) is 0 Å². The molecule has 0 unspecified atom stereocenters. The second-order valence-corrected chi connectivity index (χ2v) is 7.47. The molecular weight excluding hydrogens is 442 g/mol. The zero-order chi connectivity index (χ0) is 20.3. The van der Waals surface area contributed by atoms with Crippen molar-refractivity contribution in [1.29, 1.82) is 0 Å². The molecule has 0 radical (unpaired) electrons. The van der Waals surface area contributed by atoms with Crippen molar-refractivity contribution in [2.24, 2.45) is 0 Å². The molecule has 28 heavy (non-hydrogen) atoms. The predicted molar refractivity (Wildman–Crippen MR) is 115 cm³/mol. The van der Waals surface area contributed by atoms with Crippen LogP contribution in [0.2, 0.25) is 5.02 Å². The Kier molecular flexibility index (Phi) is 6.11. The number of imide groups is 1. The van der Waals surface area contributed by atoms with Gasteiger partial charge in [0.2, 0.25) is 0 Å². The average Bonchev–Trinajstić information content (AvgIpc) is 2.63. The van der Waals surface area contributed by atoms with Crippen LogP contribution in [0.15, 0.2) is 59.1 Å². The number of carbonyl (C=O) groups is 2. The number of nitrogens with zero attached hydrogens (tertiary/aromatic N) is 1. The van der Waals surface area contributed by atoms with E-state index in [2.05, 4.69) is 31.5 Å². The van der Waals surface area contributed by atoms with Gasteiger partial charge in [0.1, 0.15) is 5.82 Å². The first-order valence-electron chi connectivity index (χ1n) is 8.46. The number of hydrogen-bond donors (Lipinski definition) is 2. The van der Waals surface area contributed by atoms with Crippen molar-refractivity contribution in [3.05, 3.63) is 80.9 Å². The number of aromatic nitrogens is 1. The fourth-order valence-corrected chi connectivity index (χ4v) is 3.50. The first kappa shape index (κ1) is 20.0. The number of halogens is 2. The van der Waals surface area contributed by atoms with Gasteiger partial charge in [0.15, 0.2) is 0 Å². The number of hydrogen-bond acceptors (Lipinski definition) is 3. The highest BCUT2D eigenvalue weighted by molar-refractivity contribution is 9.10. The van der Waals surface area contributed by atoms with Crippen LogP contribution < -0.4 is 10.6 Å². The molecule has 1 heterocycles. The number of nitrogens with one attached hydrogen (secondary N) is 2. The molecule has 0 aliphatic heterocycles. The maximum Gasteiger partial charge on any atom is 0.327 e. The summed E-state index contributed by atoms with van der Waals surface area (Å²) >= 11 is 9.25. The third-order valence-corrected chi connectivity index (χ3v) is 5.06. The Morgan fingerprint density at radius 3 is 2.36 bits per heavy atom. The van der Waals surface area contributed by atoms with E-state index in [0.717, 1.165) is 22.4 Å². The Labute approximate surface area is 176 Å². The lowest BCUT2D eigenvalue weighted by atomic mass is 9.99. The molecule has 0 saturated heterocycles. The highest BCUT2D eigenvalue weighted by Gasteiger charge is 2.15. The number of carbonyl (C=O) groups excluding carboxylic acids is 2. The quantitative estimate of drug-likeness (QED) is 0.525. The number of aryl methyl sites for hydroxylation is 2. The molecule has 3 rings (SSSR count). The zero-order valence-corrected chi connectivity index (χ0v) is 17.6. The molecule has 2 N–H and O–H groups in total. The van der Waals surface area contributed by atoms with E-state index in [-0.39, 0.29) is 0 Å². The van der Waals surface area contributed by atoms with Crippen molar-refractivity contribution in [2.75, 3.05) is 5.32 Å². The minimum Gasteiger partial charge on any atom is -0.292 e. The summed E-state index contributed by atoms with van der Waals surface area (Å²) in [5.74, 6) is -0.138.